The molecule has 2 aliphatic rings. The van der Waals surface area contributed by atoms with E-state index in [9.17, 15) is 9.50 Å². The average Bonchev–Trinajstić information content (AvgIpc) is 3.18. The molecule has 118 valence electrons. The molecule has 23 heavy (non-hydrogen) atoms. The summed E-state index contributed by atoms with van der Waals surface area (Å²) in [5.74, 6) is -0.413. The van der Waals surface area contributed by atoms with Crippen LogP contribution in [0, 0.1) is 5.82 Å². The first-order chi connectivity index (χ1) is 11.2. The van der Waals surface area contributed by atoms with Crippen molar-refractivity contribution in [1.82, 2.24) is 4.90 Å². The van der Waals surface area contributed by atoms with Gasteiger partial charge in [0.2, 0.25) is 0 Å². The van der Waals surface area contributed by atoms with Crippen LogP contribution in [0.4, 0.5) is 4.39 Å². The van der Waals surface area contributed by atoms with Crippen LogP contribution in [0.15, 0.2) is 48.5 Å². The van der Waals surface area contributed by atoms with Crippen LogP contribution in [-0.2, 0) is 6.42 Å². The maximum Gasteiger partial charge on any atom is 0.164 e. The van der Waals surface area contributed by atoms with Crippen LogP contribution in [0.2, 0.25) is 0 Å². The molecule has 2 nitrogen and oxygen atoms in total. The molecule has 1 aliphatic heterocycles. The van der Waals surface area contributed by atoms with E-state index in [4.69, 9.17) is 0 Å². The molecule has 0 bridgehead atoms. The zero-order valence-corrected chi connectivity index (χ0v) is 13.0. The third-order valence-electron chi connectivity index (χ3n) is 5.04. The fourth-order valence-corrected chi connectivity index (χ4v) is 3.78. The molecule has 0 amide bonds. The van der Waals surface area contributed by atoms with Crippen molar-refractivity contribution in [2.45, 2.75) is 18.8 Å². The van der Waals surface area contributed by atoms with E-state index in [2.05, 4.69) is 35.2 Å². The van der Waals surface area contributed by atoms with Crippen molar-refractivity contribution in [2.75, 3.05) is 19.6 Å². The molecule has 0 spiro atoms. The van der Waals surface area contributed by atoms with E-state index in [0.717, 1.165) is 38.0 Å². The van der Waals surface area contributed by atoms with Gasteiger partial charge in [-0.1, -0.05) is 36.4 Å². The predicted molar refractivity (Wildman–Crippen MR) is 90.0 cm³/mol. The molecule has 2 aromatic rings. The SMILES string of the molecule is Oc1cc(C2CCN(CC3=CCc4ccccc43)C2)ccc1F. The van der Waals surface area contributed by atoms with Crippen LogP contribution in [0.5, 0.6) is 5.75 Å². The molecule has 1 saturated heterocycles. The number of nitrogens with zero attached hydrogens (tertiary/aromatic N) is 1. The number of hydrogen-bond acceptors (Lipinski definition) is 2. The number of aromatic hydroxyl groups is 1. The molecule has 3 heteroatoms. The third kappa shape index (κ3) is 2.77. The lowest BCUT2D eigenvalue weighted by Gasteiger charge is -2.18. The number of halogens is 1. The first kappa shape index (κ1) is 14.5. The highest BCUT2D eigenvalue weighted by atomic mass is 19.1. The Labute approximate surface area is 135 Å². The van der Waals surface area contributed by atoms with Crippen LogP contribution in [0.1, 0.15) is 29.0 Å². The summed E-state index contributed by atoms with van der Waals surface area (Å²) in [5.41, 5.74) is 5.26. The van der Waals surface area contributed by atoms with Crippen molar-refractivity contribution in [1.29, 1.82) is 0 Å². The maximum atomic E-state index is 13.2. The molecule has 0 radical (unpaired) electrons. The summed E-state index contributed by atoms with van der Waals surface area (Å²) in [7, 11) is 0. The molecular weight excluding hydrogens is 289 g/mol. The molecule has 1 N–H and O–H groups in total. The lowest BCUT2D eigenvalue weighted by atomic mass is 9.98. The number of allylic oxidation sites excluding steroid dienone is 1. The minimum atomic E-state index is -0.545. The average molecular weight is 309 g/mol. The summed E-state index contributed by atoms with van der Waals surface area (Å²) < 4.78 is 13.2. The van der Waals surface area contributed by atoms with Gasteiger partial charge in [0.1, 0.15) is 0 Å². The van der Waals surface area contributed by atoms with Gasteiger partial charge < -0.3 is 5.11 Å². The van der Waals surface area contributed by atoms with Gasteiger partial charge in [-0.15, -0.1) is 0 Å². The van der Waals surface area contributed by atoms with Crippen molar-refractivity contribution in [3.8, 4) is 5.75 Å². The first-order valence-electron chi connectivity index (χ1n) is 8.19. The summed E-state index contributed by atoms with van der Waals surface area (Å²) in [5, 5.41) is 9.57. The Balaban J connectivity index is 1.44. The zero-order chi connectivity index (χ0) is 15.8. The predicted octanol–water partition coefficient (Wildman–Crippen LogP) is 3.96. The number of likely N-dealkylation sites (tertiary alicyclic amines) is 1. The summed E-state index contributed by atoms with van der Waals surface area (Å²) in [4.78, 5) is 2.46. The van der Waals surface area contributed by atoms with Gasteiger partial charge in [0.25, 0.3) is 0 Å². The number of phenolic OH excluding ortho intramolecular Hbond substituents is 1. The maximum absolute atomic E-state index is 13.2. The first-order valence-corrected chi connectivity index (χ1v) is 8.19. The van der Waals surface area contributed by atoms with Gasteiger partial charge in [-0.05, 0) is 59.7 Å². The Morgan fingerprint density at radius 3 is 2.91 bits per heavy atom. The summed E-state index contributed by atoms with van der Waals surface area (Å²) >= 11 is 0. The molecule has 1 unspecified atom stereocenters. The molecule has 4 rings (SSSR count). The van der Waals surface area contributed by atoms with Gasteiger partial charge in [0.05, 0.1) is 0 Å². The summed E-state index contributed by atoms with van der Waals surface area (Å²) in [6.07, 6.45) is 4.43. The van der Waals surface area contributed by atoms with Gasteiger partial charge >= 0.3 is 0 Å². The minimum Gasteiger partial charge on any atom is -0.505 e. The summed E-state index contributed by atoms with van der Waals surface area (Å²) in [6, 6.07) is 13.4. The van der Waals surface area contributed by atoms with E-state index in [1.807, 2.05) is 0 Å². The fourth-order valence-electron chi connectivity index (χ4n) is 3.78. The van der Waals surface area contributed by atoms with E-state index in [-0.39, 0.29) is 5.75 Å². The van der Waals surface area contributed by atoms with Gasteiger partial charge in [0.15, 0.2) is 11.6 Å². The lowest BCUT2D eigenvalue weighted by Crippen LogP contribution is -2.22. The molecule has 1 aliphatic carbocycles. The standard InChI is InChI=1S/C20H20FNO/c21-19-8-7-15(11-20(19)23)16-9-10-22(12-16)13-17-6-5-14-3-1-2-4-18(14)17/h1-4,6-8,11,16,23H,5,9-10,12-13H2. The van der Waals surface area contributed by atoms with Gasteiger partial charge in [-0.2, -0.15) is 0 Å². The van der Waals surface area contributed by atoms with Crippen molar-refractivity contribution in [3.05, 3.63) is 71.0 Å². The van der Waals surface area contributed by atoms with Crippen LogP contribution in [0.25, 0.3) is 5.57 Å². The number of benzene rings is 2. The second-order valence-corrected chi connectivity index (χ2v) is 6.52. The normalized spacial score (nSPS) is 20.6. The number of rotatable bonds is 3. The smallest absolute Gasteiger partial charge is 0.164 e. The molecule has 0 aromatic heterocycles. The fraction of sp³-hybridized carbons (Fsp3) is 0.300. The zero-order valence-electron chi connectivity index (χ0n) is 13.0. The number of hydrogen-bond donors (Lipinski definition) is 1. The van der Waals surface area contributed by atoms with Crippen molar-refractivity contribution < 1.29 is 9.50 Å². The molecule has 1 fully saturated rings. The quantitative estimate of drug-likeness (QED) is 0.927. The Bertz CT molecular complexity index is 768. The van der Waals surface area contributed by atoms with E-state index in [1.165, 1.54) is 22.8 Å². The van der Waals surface area contributed by atoms with Crippen LogP contribution in [-0.4, -0.2) is 29.6 Å². The van der Waals surface area contributed by atoms with Gasteiger partial charge in [0, 0.05) is 13.1 Å². The monoisotopic (exact) mass is 309 g/mol. The van der Waals surface area contributed by atoms with E-state index in [1.54, 1.807) is 12.1 Å². The Morgan fingerprint density at radius 2 is 2.04 bits per heavy atom. The minimum absolute atomic E-state index is 0.242. The Hall–Kier alpha value is -2.13. The molecule has 1 heterocycles. The van der Waals surface area contributed by atoms with E-state index < -0.39 is 5.82 Å². The molecule has 0 saturated carbocycles. The second kappa shape index (κ2) is 5.82. The largest absolute Gasteiger partial charge is 0.505 e. The molecule has 1 atom stereocenters. The molecule has 2 aromatic carbocycles. The second-order valence-electron chi connectivity index (χ2n) is 6.52. The molecular formula is C20H20FNO. The van der Waals surface area contributed by atoms with E-state index in [0.29, 0.717) is 5.92 Å². The lowest BCUT2D eigenvalue weighted by molar-refractivity contribution is 0.377. The summed E-state index contributed by atoms with van der Waals surface area (Å²) in [6.45, 7) is 2.98. The number of fused-ring (bicyclic) bond motifs is 1. The van der Waals surface area contributed by atoms with Crippen molar-refractivity contribution >= 4 is 5.57 Å². The Kier molecular flexibility index (Phi) is 3.66. The van der Waals surface area contributed by atoms with Crippen molar-refractivity contribution in [2.24, 2.45) is 0 Å². The highest BCUT2D eigenvalue weighted by Crippen LogP contribution is 2.33. The van der Waals surface area contributed by atoms with Crippen molar-refractivity contribution in [3.63, 3.8) is 0 Å². The topological polar surface area (TPSA) is 23.5 Å². The highest BCUT2D eigenvalue weighted by Gasteiger charge is 2.26. The van der Waals surface area contributed by atoms with Gasteiger partial charge in [-0.3, -0.25) is 4.90 Å². The van der Waals surface area contributed by atoms with E-state index >= 15 is 0 Å². The Morgan fingerprint density at radius 1 is 1.17 bits per heavy atom. The number of phenols is 1. The van der Waals surface area contributed by atoms with Crippen LogP contribution >= 0.6 is 0 Å². The van der Waals surface area contributed by atoms with Crippen LogP contribution < -0.4 is 0 Å². The van der Waals surface area contributed by atoms with Crippen LogP contribution in [0.3, 0.4) is 0 Å². The van der Waals surface area contributed by atoms with Gasteiger partial charge in [-0.25, -0.2) is 4.39 Å². The third-order valence-corrected chi connectivity index (χ3v) is 5.04. The highest BCUT2D eigenvalue weighted by molar-refractivity contribution is 5.74.